The van der Waals surface area contributed by atoms with Crippen LogP contribution in [0.3, 0.4) is 0 Å². The average Bonchev–Trinajstić information content (AvgIpc) is 2.79. The van der Waals surface area contributed by atoms with E-state index in [2.05, 4.69) is 24.1 Å². The van der Waals surface area contributed by atoms with Gasteiger partial charge in [-0.1, -0.05) is 68.1 Å². The van der Waals surface area contributed by atoms with E-state index in [1.807, 2.05) is 60.7 Å². The first-order chi connectivity index (χ1) is 16.0. The van der Waals surface area contributed by atoms with E-state index in [9.17, 15) is 9.59 Å². The first-order valence-electron chi connectivity index (χ1n) is 11.8. The number of carbonyl (C=O) groups excluding carboxylic acids is 2. The second-order valence-corrected chi connectivity index (χ2v) is 10.4. The zero-order valence-corrected chi connectivity index (χ0v) is 20.3. The van der Waals surface area contributed by atoms with Crippen LogP contribution in [0.2, 0.25) is 0 Å². The van der Waals surface area contributed by atoms with Crippen molar-refractivity contribution in [1.82, 2.24) is 10.2 Å². The van der Waals surface area contributed by atoms with E-state index >= 15 is 0 Å². The SMILES string of the molecule is CC1CC(C)CN(CCCNC(=O)CN2C(=O)C(=Cc3ccccc3)Sc3ccccc32)C1. The molecule has 1 fully saturated rings. The molecule has 0 saturated carbocycles. The highest BCUT2D eigenvalue weighted by molar-refractivity contribution is 8.04. The molecule has 2 aromatic rings. The highest BCUT2D eigenvalue weighted by atomic mass is 32.2. The smallest absolute Gasteiger partial charge is 0.265 e. The summed E-state index contributed by atoms with van der Waals surface area (Å²) >= 11 is 1.46. The van der Waals surface area contributed by atoms with E-state index < -0.39 is 0 Å². The van der Waals surface area contributed by atoms with Gasteiger partial charge in [-0.2, -0.15) is 0 Å². The van der Waals surface area contributed by atoms with Crippen molar-refractivity contribution in [1.29, 1.82) is 0 Å². The van der Waals surface area contributed by atoms with Crippen molar-refractivity contribution < 1.29 is 9.59 Å². The number of hydrogen-bond acceptors (Lipinski definition) is 4. The molecule has 6 heteroatoms. The molecule has 0 bridgehead atoms. The van der Waals surface area contributed by atoms with Crippen molar-refractivity contribution in [3.8, 4) is 0 Å². The molecule has 2 aliphatic heterocycles. The molecule has 0 aromatic heterocycles. The highest BCUT2D eigenvalue weighted by Crippen LogP contribution is 2.41. The predicted molar refractivity (Wildman–Crippen MR) is 136 cm³/mol. The fourth-order valence-corrected chi connectivity index (χ4v) is 5.88. The van der Waals surface area contributed by atoms with Gasteiger partial charge in [-0.3, -0.25) is 14.5 Å². The Bertz CT molecular complexity index is 997. The van der Waals surface area contributed by atoms with Gasteiger partial charge in [0.2, 0.25) is 5.91 Å². The maximum absolute atomic E-state index is 13.3. The van der Waals surface area contributed by atoms with Gasteiger partial charge in [-0.05, 0) is 55.0 Å². The Morgan fingerprint density at radius 3 is 2.52 bits per heavy atom. The van der Waals surface area contributed by atoms with Crippen molar-refractivity contribution in [2.24, 2.45) is 11.8 Å². The number of thioether (sulfide) groups is 1. The molecule has 1 saturated heterocycles. The Balaban J connectivity index is 1.36. The van der Waals surface area contributed by atoms with Crippen LogP contribution in [0, 0.1) is 11.8 Å². The number of amides is 2. The summed E-state index contributed by atoms with van der Waals surface area (Å²) in [5.74, 6) is 1.23. The number of rotatable bonds is 7. The van der Waals surface area contributed by atoms with Crippen LogP contribution in [0.5, 0.6) is 0 Å². The third-order valence-corrected chi connectivity index (χ3v) is 7.23. The van der Waals surface area contributed by atoms with Crippen molar-refractivity contribution >= 4 is 35.3 Å². The molecule has 2 atom stereocenters. The second kappa shape index (κ2) is 11.0. The van der Waals surface area contributed by atoms with Gasteiger partial charge in [0.1, 0.15) is 6.54 Å². The number of carbonyl (C=O) groups is 2. The Kier molecular flexibility index (Phi) is 7.89. The number of para-hydroxylation sites is 1. The molecular weight excluding hydrogens is 430 g/mol. The van der Waals surface area contributed by atoms with E-state index in [-0.39, 0.29) is 18.4 Å². The summed E-state index contributed by atoms with van der Waals surface area (Å²) in [5.41, 5.74) is 1.77. The van der Waals surface area contributed by atoms with E-state index in [4.69, 9.17) is 0 Å². The molecule has 1 N–H and O–H groups in total. The van der Waals surface area contributed by atoms with Gasteiger partial charge in [0, 0.05) is 24.5 Å². The van der Waals surface area contributed by atoms with Gasteiger partial charge in [-0.15, -0.1) is 0 Å². The standard InChI is InChI=1S/C27H33N3O2S/c1-20-15-21(2)18-29(17-20)14-8-13-28-26(31)19-30-23-11-6-7-12-24(23)33-25(27(30)32)16-22-9-4-3-5-10-22/h3-7,9-12,16,20-21H,8,13-15,17-19H2,1-2H3,(H,28,31). The summed E-state index contributed by atoms with van der Waals surface area (Å²) in [6.45, 7) is 8.58. The fraction of sp³-hybridized carbons (Fsp3) is 0.407. The molecule has 0 radical (unpaired) electrons. The average molecular weight is 464 g/mol. The summed E-state index contributed by atoms with van der Waals surface area (Å²) in [5, 5.41) is 3.02. The molecule has 2 unspecified atom stereocenters. The largest absolute Gasteiger partial charge is 0.355 e. The minimum atomic E-state index is -0.131. The van der Waals surface area contributed by atoms with Gasteiger partial charge in [0.15, 0.2) is 0 Å². The summed E-state index contributed by atoms with van der Waals surface area (Å²) in [4.78, 5) is 31.7. The van der Waals surface area contributed by atoms with Crippen LogP contribution in [0.25, 0.3) is 6.08 Å². The van der Waals surface area contributed by atoms with Crippen LogP contribution >= 0.6 is 11.8 Å². The van der Waals surface area contributed by atoms with Crippen LogP contribution in [0.15, 0.2) is 64.4 Å². The molecule has 2 amide bonds. The molecule has 4 rings (SSSR count). The normalized spacial score (nSPS) is 22.3. The van der Waals surface area contributed by atoms with Gasteiger partial charge in [0.25, 0.3) is 5.91 Å². The minimum absolute atomic E-state index is 0.0281. The summed E-state index contributed by atoms with van der Waals surface area (Å²) < 4.78 is 0. The zero-order chi connectivity index (χ0) is 23.2. The van der Waals surface area contributed by atoms with E-state index in [0.717, 1.165) is 54.0 Å². The first-order valence-corrected chi connectivity index (χ1v) is 12.7. The zero-order valence-electron chi connectivity index (χ0n) is 19.5. The van der Waals surface area contributed by atoms with Gasteiger partial charge < -0.3 is 10.2 Å². The number of benzene rings is 2. The Morgan fingerprint density at radius 2 is 1.76 bits per heavy atom. The number of piperidine rings is 1. The van der Waals surface area contributed by atoms with Crippen molar-refractivity contribution in [3.05, 3.63) is 65.1 Å². The quantitative estimate of drug-likeness (QED) is 0.480. The topological polar surface area (TPSA) is 52.7 Å². The van der Waals surface area contributed by atoms with Gasteiger partial charge >= 0.3 is 0 Å². The molecule has 2 heterocycles. The van der Waals surface area contributed by atoms with Crippen LogP contribution in [-0.4, -0.2) is 49.4 Å². The molecular formula is C27H33N3O2S. The number of nitrogens with one attached hydrogen (secondary N) is 1. The van der Waals surface area contributed by atoms with Crippen LogP contribution in [0.4, 0.5) is 5.69 Å². The maximum atomic E-state index is 13.3. The van der Waals surface area contributed by atoms with E-state index in [1.165, 1.54) is 18.2 Å². The summed E-state index contributed by atoms with van der Waals surface area (Å²) in [7, 11) is 0. The molecule has 174 valence electrons. The Morgan fingerprint density at radius 1 is 1.06 bits per heavy atom. The summed E-state index contributed by atoms with van der Waals surface area (Å²) in [6.07, 6.45) is 4.12. The summed E-state index contributed by atoms with van der Waals surface area (Å²) in [6, 6.07) is 17.6. The lowest BCUT2D eigenvalue weighted by atomic mass is 9.92. The highest BCUT2D eigenvalue weighted by Gasteiger charge is 2.30. The number of anilines is 1. The van der Waals surface area contributed by atoms with Crippen LogP contribution in [0.1, 0.15) is 32.3 Å². The number of nitrogens with zero attached hydrogens (tertiary/aromatic N) is 2. The molecule has 33 heavy (non-hydrogen) atoms. The first kappa shape index (κ1) is 23.6. The number of hydrogen-bond donors (Lipinski definition) is 1. The predicted octanol–water partition coefficient (Wildman–Crippen LogP) is 4.65. The van der Waals surface area contributed by atoms with Crippen LogP contribution in [-0.2, 0) is 9.59 Å². The third kappa shape index (κ3) is 6.27. The van der Waals surface area contributed by atoms with Gasteiger partial charge in [0.05, 0.1) is 10.6 Å². The monoisotopic (exact) mass is 463 g/mol. The lowest BCUT2D eigenvalue weighted by Crippen LogP contribution is -2.43. The molecule has 0 spiro atoms. The maximum Gasteiger partial charge on any atom is 0.265 e. The van der Waals surface area contributed by atoms with Crippen molar-refractivity contribution in [2.45, 2.75) is 31.6 Å². The van der Waals surface area contributed by atoms with Crippen molar-refractivity contribution in [3.63, 3.8) is 0 Å². The second-order valence-electron chi connectivity index (χ2n) is 9.29. The van der Waals surface area contributed by atoms with Crippen LogP contribution < -0.4 is 10.2 Å². The van der Waals surface area contributed by atoms with E-state index in [0.29, 0.717) is 11.4 Å². The molecule has 2 aromatic carbocycles. The van der Waals surface area contributed by atoms with Gasteiger partial charge in [-0.25, -0.2) is 0 Å². The van der Waals surface area contributed by atoms with E-state index in [1.54, 1.807) is 4.90 Å². The minimum Gasteiger partial charge on any atom is -0.355 e. The Hall–Kier alpha value is -2.57. The Labute approximate surface area is 201 Å². The number of fused-ring (bicyclic) bond motifs is 1. The molecule has 0 aliphatic carbocycles. The molecule has 2 aliphatic rings. The lowest BCUT2D eigenvalue weighted by Gasteiger charge is -2.35. The number of likely N-dealkylation sites (tertiary alicyclic amines) is 1. The third-order valence-electron chi connectivity index (χ3n) is 6.15. The lowest BCUT2D eigenvalue weighted by molar-refractivity contribution is -0.122. The van der Waals surface area contributed by atoms with Crippen molar-refractivity contribution in [2.75, 3.05) is 37.6 Å². The molecule has 5 nitrogen and oxygen atoms in total. The fourth-order valence-electron chi connectivity index (χ4n) is 4.82.